The first-order valence-corrected chi connectivity index (χ1v) is 15.8. The van der Waals surface area contributed by atoms with Gasteiger partial charge in [-0.05, 0) is 64.7 Å². The summed E-state index contributed by atoms with van der Waals surface area (Å²) in [5, 5.41) is 1.74. The average molecular weight is 562 g/mol. The van der Waals surface area contributed by atoms with Crippen LogP contribution in [-0.2, 0) is 0 Å². The summed E-state index contributed by atoms with van der Waals surface area (Å²) < 4.78 is 5.29. The van der Waals surface area contributed by atoms with Crippen LogP contribution in [0.2, 0.25) is 0 Å². The fourth-order valence-electron chi connectivity index (χ4n) is 6.34. The molecule has 0 spiro atoms. The third-order valence-corrected chi connectivity index (χ3v) is 8.71. The average Bonchev–Trinajstić information content (AvgIpc) is 3.03. The van der Waals surface area contributed by atoms with Gasteiger partial charge in [0.05, 0.1) is 7.11 Å². The van der Waals surface area contributed by atoms with Gasteiger partial charge in [-0.2, -0.15) is 0 Å². The number of unbranched alkanes of at least 4 members (excludes halogenated alkanes) is 6. The van der Waals surface area contributed by atoms with Crippen molar-refractivity contribution in [2.75, 3.05) is 7.11 Å². The maximum Gasteiger partial charge on any atom is 0.261 e. The first-order chi connectivity index (χ1) is 20.6. The molecule has 0 unspecified atom stereocenters. The van der Waals surface area contributed by atoms with Crippen LogP contribution in [0, 0.1) is 0 Å². The van der Waals surface area contributed by atoms with Crippen molar-refractivity contribution in [1.29, 1.82) is 0 Å². The Morgan fingerprint density at radius 2 is 1.12 bits per heavy atom. The van der Waals surface area contributed by atoms with Gasteiger partial charge in [0.2, 0.25) is 0 Å². The van der Waals surface area contributed by atoms with Gasteiger partial charge in [0.1, 0.15) is 5.75 Å². The van der Waals surface area contributed by atoms with E-state index in [0.29, 0.717) is 11.1 Å². The van der Waals surface area contributed by atoms with E-state index in [0.717, 1.165) is 77.3 Å². The molecule has 0 saturated heterocycles. The highest BCUT2D eigenvalue weighted by Crippen LogP contribution is 2.38. The van der Waals surface area contributed by atoms with E-state index in [-0.39, 0.29) is 17.9 Å². The summed E-state index contributed by atoms with van der Waals surface area (Å²) in [6.07, 6.45) is 10.9. The summed E-state index contributed by atoms with van der Waals surface area (Å²) in [5.74, 6) is 0.559. The molecular weight excluding hydrogens is 518 g/mol. The molecule has 4 aromatic carbocycles. The van der Waals surface area contributed by atoms with Crippen LogP contribution in [-0.4, -0.2) is 29.9 Å². The van der Waals surface area contributed by atoms with Crippen molar-refractivity contribution in [1.82, 2.24) is 4.90 Å². The Morgan fingerprint density at radius 1 is 0.595 bits per heavy atom. The minimum absolute atomic E-state index is 0.0488. The Balaban J connectivity index is 1.45. The molecule has 1 aliphatic heterocycles. The van der Waals surface area contributed by atoms with E-state index in [1.807, 2.05) is 42.5 Å². The second kappa shape index (κ2) is 13.8. The van der Waals surface area contributed by atoms with Crippen LogP contribution in [0.1, 0.15) is 98.8 Å². The summed E-state index contributed by atoms with van der Waals surface area (Å²) in [6.45, 7) is 4.42. The molecule has 1 heterocycles. The summed E-state index contributed by atoms with van der Waals surface area (Å²) in [6, 6.07) is 26.3. The Bertz CT molecular complexity index is 1490. The van der Waals surface area contributed by atoms with Crippen molar-refractivity contribution < 1.29 is 14.3 Å². The van der Waals surface area contributed by atoms with E-state index in [1.54, 1.807) is 12.0 Å². The summed E-state index contributed by atoms with van der Waals surface area (Å²) in [7, 11) is 1.67. The molecule has 42 heavy (non-hydrogen) atoms. The molecule has 0 saturated carbocycles. The van der Waals surface area contributed by atoms with Crippen LogP contribution >= 0.6 is 0 Å². The zero-order valence-corrected chi connectivity index (χ0v) is 25.3. The number of nitrogens with zero attached hydrogens (tertiary/aromatic N) is 1. The number of hydrogen-bond donors (Lipinski definition) is 0. The van der Waals surface area contributed by atoms with Gasteiger partial charge in [0, 0.05) is 22.6 Å². The van der Waals surface area contributed by atoms with E-state index in [9.17, 15) is 9.59 Å². The minimum Gasteiger partial charge on any atom is -0.497 e. The Labute approximate surface area is 250 Å². The number of methoxy groups -OCH3 is 1. The molecule has 0 fully saturated rings. The molecule has 4 aromatic rings. The second-order valence-electron chi connectivity index (χ2n) is 11.5. The number of hydrogen-bond acceptors (Lipinski definition) is 3. The zero-order chi connectivity index (χ0) is 29.5. The highest BCUT2D eigenvalue weighted by Gasteiger charge is 2.37. The first kappa shape index (κ1) is 29.6. The Morgan fingerprint density at radius 3 is 1.69 bits per heavy atom. The standard InChI is InChI=1S/C38H43NO3/c1-4-6-8-10-13-30(14-11-9-7-5-2)39-37(40)34-16-12-15-33-32(25-26-35(36(33)34)38(39)41)29-19-17-27(18-20-29)28-21-23-31(42-3)24-22-28/h12,15-26,30H,4-11,13-14H2,1-3H3. The van der Waals surface area contributed by atoms with E-state index in [4.69, 9.17) is 4.74 Å². The van der Waals surface area contributed by atoms with Crippen molar-refractivity contribution >= 4 is 22.6 Å². The SMILES string of the molecule is CCCCCCC(CCCCCC)N1C(=O)c2cccc3c(-c4ccc(-c5ccc(OC)cc5)cc4)ccc(c23)C1=O. The molecule has 0 N–H and O–H groups in total. The summed E-state index contributed by atoms with van der Waals surface area (Å²) in [4.78, 5) is 29.7. The zero-order valence-electron chi connectivity index (χ0n) is 25.3. The predicted octanol–water partition coefficient (Wildman–Crippen LogP) is 10.1. The number of amides is 2. The van der Waals surface area contributed by atoms with E-state index in [2.05, 4.69) is 50.2 Å². The molecule has 4 nitrogen and oxygen atoms in total. The van der Waals surface area contributed by atoms with Crippen LogP contribution < -0.4 is 4.74 Å². The largest absolute Gasteiger partial charge is 0.497 e. The lowest BCUT2D eigenvalue weighted by Gasteiger charge is -2.34. The van der Waals surface area contributed by atoms with Crippen molar-refractivity contribution in [3.63, 3.8) is 0 Å². The van der Waals surface area contributed by atoms with E-state index < -0.39 is 0 Å². The van der Waals surface area contributed by atoms with Crippen molar-refractivity contribution in [3.05, 3.63) is 90.0 Å². The van der Waals surface area contributed by atoms with Crippen LogP contribution in [0.3, 0.4) is 0 Å². The number of ether oxygens (including phenoxy) is 1. The summed E-state index contributed by atoms with van der Waals surface area (Å²) in [5.41, 5.74) is 5.62. The molecular formula is C38H43NO3. The van der Waals surface area contributed by atoms with Crippen molar-refractivity contribution in [2.24, 2.45) is 0 Å². The topological polar surface area (TPSA) is 46.6 Å². The van der Waals surface area contributed by atoms with Gasteiger partial charge >= 0.3 is 0 Å². The van der Waals surface area contributed by atoms with Gasteiger partial charge in [-0.3, -0.25) is 14.5 Å². The molecule has 0 aliphatic carbocycles. The number of benzene rings is 4. The maximum absolute atomic E-state index is 14.0. The van der Waals surface area contributed by atoms with Gasteiger partial charge in [-0.1, -0.05) is 120 Å². The maximum atomic E-state index is 14.0. The predicted molar refractivity (Wildman–Crippen MR) is 173 cm³/mol. The molecule has 1 aliphatic rings. The van der Waals surface area contributed by atoms with Gasteiger partial charge in [0.25, 0.3) is 11.8 Å². The number of carbonyl (C=O) groups excluding carboxylic acids is 2. The Kier molecular flexibility index (Phi) is 9.74. The smallest absolute Gasteiger partial charge is 0.261 e. The van der Waals surface area contributed by atoms with E-state index in [1.165, 1.54) is 25.7 Å². The minimum atomic E-state index is -0.138. The highest BCUT2D eigenvalue weighted by molar-refractivity contribution is 6.27. The Hall–Kier alpha value is -3.92. The third-order valence-electron chi connectivity index (χ3n) is 8.71. The van der Waals surface area contributed by atoms with Gasteiger partial charge in [-0.15, -0.1) is 0 Å². The molecule has 5 rings (SSSR count). The number of carbonyl (C=O) groups is 2. The van der Waals surface area contributed by atoms with Crippen molar-refractivity contribution in [3.8, 4) is 28.0 Å². The molecule has 0 bridgehead atoms. The highest BCUT2D eigenvalue weighted by atomic mass is 16.5. The first-order valence-electron chi connectivity index (χ1n) is 15.8. The lowest BCUT2D eigenvalue weighted by atomic mass is 9.87. The van der Waals surface area contributed by atoms with E-state index >= 15 is 0 Å². The molecule has 4 heteroatoms. The van der Waals surface area contributed by atoms with Crippen molar-refractivity contribution in [2.45, 2.75) is 84.1 Å². The van der Waals surface area contributed by atoms with Crippen LogP contribution in [0.25, 0.3) is 33.0 Å². The lowest BCUT2D eigenvalue weighted by molar-refractivity contribution is 0.0517. The van der Waals surface area contributed by atoms with Gasteiger partial charge in [-0.25, -0.2) is 0 Å². The molecule has 2 amide bonds. The van der Waals surface area contributed by atoms with Crippen LogP contribution in [0.4, 0.5) is 0 Å². The number of rotatable bonds is 14. The van der Waals surface area contributed by atoms with Crippen LogP contribution in [0.15, 0.2) is 78.9 Å². The monoisotopic (exact) mass is 561 g/mol. The molecule has 0 atom stereocenters. The molecule has 0 aromatic heterocycles. The van der Waals surface area contributed by atoms with Crippen LogP contribution in [0.5, 0.6) is 5.75 Å². The molecule has 0 radical (unpaired) electrons. The van der Waals surface area contributed by atoms with Gasteiger partial charge < -0.3 is 4.74 Å². The normalized spacial score (nSPS) is 12.9. The summed E-state index contributed by atoms with van der Waals surface area (Å²) >= 11 is 0. The third kappa shape index (κ3) is 6.13. The number of imide groups is 1. The fraction of sp³-hybridized carbons (Fsp3) is 0.368. The molecule has 218 valence electrons. The lowest BCUT2D eigenvalue weighted by Crippen LogP contribution is -2.47. The fourth-order valence-corrected chi connectivity index (χ4v) is 6.34. The quantitative estimate of drug-likeness (QED) is 0.114. The second-order valence-corrected chi connectivity index (χ2v) is 11.5. The van der Waals surface area contributed by atoms with Gasteiger partial charge in [0.15, 0.2) is 0 Å².